The van der Waals surface area contributed by atoms with Gasteiger partial charge in [0.05, 0.1) is 13.2 Å². The van der Waals surface area contributed by atoms with Crippen molar-refractivity contribution in [2.75, 3.05) is 19.8 Å². The van der Waals surface area contributed by atoms with E-state index >= 15 is 0 Å². The summed E-state index contributed by atoms with van der Waals surface area (Å²) >= 11 is 0. The Balaban J connectivity index is 2.45. The smallest absolute Gasteiger partial charge is 0.0697 e. The first-order valence-corrected chi connectivity index (χ1v) is 1.89. The molecule has 0 aliphatic carbocycles. The fraction of sp³-hybridized carbons (Fsp3) is 1.00. The van der Waals surface area contributed by atoms with E-state index in [1.54, 1.807) is 0 Å². The van der Waals surface area contributed by atoms with E-state index in [2.05, 4.69) is 0 Å². The Labute approximate surface area is 39.1 Å². The lowest BCUT2D eigenvalue weighted by molar-refractivity contribution is 0.102. The van der Waals surface area contributed by atoms with Crippen molar-refractivity contribution in [2.45, 2.75) is 6.90 Å². The number of rotatable bonds is 3. The molecule has 0 fully saturated rings. The van der Waals surface area contributed by atoms with E-state index in [4.69, 9.17) is 11.2 Å². The lowest BCUT2D eigenvalue weighted by Gasteiger charge is -1.91. The molecule has 0 atom stereocenters. The normalized spacial score (nSPS) is 11.2. The fourth-order valence-electron chi connectivity index (χ4n) is 0.167. The Morgan fingerprint density at radius 3 is 3.33 bits per heavy atom. The summed E-state index contributed by atoms with van der Waals surface area (Å²) in [5, 5.41) is 8.11. The van der Waals surface area contributed by atoms with Crippen LogP contribution in [0, 0.1) is 0 Å². The van der Waals surface area contributed by atoms with Crippen molar-refractivity contribution in [1.82, 2.24) is 0 Å². The minimum atomic E-state index is 0.0556. The van der Waals surface area contributed by atoms with Crippen molar-refractivity contribution in [3.8, 4) is 0 Å². The third-order valence-electron chi connectivity index (χ3n) is 0.380. The van der Waals surface area contributed by atoms with Crippen LogP contribution < -0.4 is 0 Å². The first-order chi connectivity index (χ1) is 3.41. The van der Waals surface area contributed by atoms with Crippen LogP contribution in [-0.4, -0.2) is 24.9 Å². The molecule has 0 aromatic carbocycles. The molecule has 0 aliphatic heterocycles. The number of aliphatic hydroxyl groups is 1. The molecule has 6 heavy (non-hydrogen) atoms. The number of hydrogen-bond acceptors (Lipinski definition) is 2. The van der Waals surface area contributed by atoms with Crippen LogP contribution in [0.2, 0.25) is 0 Å². The number of aliphatic hydroxyl groups excluding tert-OH is 1. The summed E-state index contributed by atoms with van der Waals surface area (Å²) in [7, 11) is 0. The highest BCUT2D eigenvalue weighted by atomic mass is 16.5. The molecule has 0 heterocycles. The van der Waals surface area contributed by atoms with Crippen LogP contribution in [0.4, 0.5) is 0 Å². The van der Waals surface area contributed by atoms with Crippen LogP contribution in [0.1, 0.15) is 8.27 Å². The van der Waals surface area contributed by atoms with E-state index in [1.165, 1.54) is 0 Å². The van der Waals surface area contributed by atoms with Crippen molar-refractivity contribution in [3.63, 3.8) is 0 Å². The molecule has 0 radical (unpaired) electrons. The predicted molar refractivity (Wildman–Crippen MR) is 23.6 cm³/mol. The van der Waals surface area contributed by atoms with Gasteiger partial charge in [-0.15, -0.1) is 0 Å². The van der Waals surface area contributed by atoms with Crippen LogP contribution in [0.5, 0.6) is 0 Å². The molecule has 38 valence electrons. The van der Waals surface area contributed by atoms with Crippen LogP contribution >= 0.6 is 0 Å². The molecule has 0 saturated heterocycles. The van der Waals surface area contributed by atoms with Crippen LogP contribution in [-0.2, 0) is 4.74 Å². The van der Waals surface area contributed by atoms with Gasteiger partial charge in [-0.1, -0.05) is 0 Å². The minimum absolute atomic E-state index is 0.0556. The molecule has 2 heteroatoms. The first-order valence-electron chi connectivity index (χ1n) is 2.60. The summed E-state index contributed by atoms with van der Waals surface area (Å²) in [6.45, 7) is 1.12. The maximum atomic E-state index is 8.11. The molecule has 1 N–H and O–H groups in total. The lowest BCUT2D eigenvalue weighted by atomic mass is 10.8. The Hall–Kier alpha value is -0.0800. The number of hydrogen-bond donors (Lipinski definition) is 1. The van der Waals surface area contributed by atoms with E-state index in [9.17, 15) is 0 Å². The molecule has 2 nitrogen and oxygen atoms in total. The molecule has 0 aromatic heterocycles. The van der Waals surface area contributed by atoms with E-state index in [0.717, 1.165) is 0 Å². The van der Waals surface area contributed by atoms with E-state index in [0.29, 0.717) is 13.2 Å². The van der Waals surface area contributed by atoms with Crippen LogP contribution in [0.3, 0.4) is 0 Å². The van der Waals surface area contributed by atoms with Crippen molar-refractivity contribution >= 4 is 0 Å². The van der Waals surface area contributed by atoms with E-state index in [-0.39, 0.29) is 13.5 Å². The van der Waals surface area contributed by atoms with Gasteiger partial charge in [-0.25, -0.2) is 0 Å². The highest BCUT2D eigenvalue weighted by molar-refractivity contribution is 4.18. The minimum Gasteiger partial charge on any atom is -0.394 e. The highest BCUT2D eigenvalue weighted by Crippen LogP contribution is 1.66. The quantitative estimate of drug-likeness (QED) is 0.496. The molecule has 0 aliphatic rings. The van der Waals surface area contributed by atoms with Gasteiger partial charge in [-0.2, -0.15) is 0 Å². The topological polar surface area (TPSA) is 29.5 Å². The first kappa shape index (κ1) is 4.09. The van der Waals surface area contributed by atoms with Crippen molar-refractivity contribution in [3.05, 3.63) is 0 Å². The summed E-state index contributed by atoms with van der Waals surface area (Å²) in [5.74, 6) is 0. The van der Waals surface area contributed by atoms with Gasteiger partial charge in [0.1, 0.15) is 0 Å². The Morgan fingerprint density at radius 1 is 2.00 bits per heavy atom. The zero-order chi connectivity index (χ0) is 5.54. The van der Waals surface area contributed by atoms with Crippen molar-refractivity contribution in [2.24, 2.45) is 0 Å². The molecule has 0 amide bonds. The Bertz CT molecular complexity index is 28.9. The second kappa shape index (κ2) is 4.92. The zero-order valence-corrected chi connectivity index (χ0v) is 3.68. The third-order valence-corrected chi connectivity index (χ3v) is 0.380. The predicted octanol–water partition coefficient (Wildman–Crippen LogP) is 0.0152. The monoisotopic (exact) mass is 91.1 g/mol. The van der Waals surface area contributed by atoms with Gasteiger partial charge < -0.3 is 9.84 Å². The maximum Gasteiger partial charge on any atom is 0.0697 e. The third kappa shape index (κ3) is 3.92. The second-order valence-electron chi connectivity index (χ2n) is 0.836. The Kier molecular flexibility index (Phi) is 3.35. The molecular formula is C4H10O2. The molecule has 0 spiro atoms. The fourth-order valence-corrected chi connectivity index (χ4v) is 0.167. The maximum absolute atomic E-state index is 8.11. The van der Waals surface area contributed by atoms with Crippen molar-refractivity contribution in [1.29, 1.82) is 0 Å². The Morgan fingerprint density at radius 2 is 2.83 bits per heavy atom. The van der Waals surface area contributed by atoms with Gasteiger partial charge >= 0.3 is 0 Å². The van der Waals surface area contributed by atoms with E-state index in [1.807, 2.05) is 0 Å². The van der Waals surface area contributed by atoms with Crippen molar-refractivity contribution < 1.29 is 11.2 Å². The average Bonchev–Trinajstić information content (AvgIpc) is 1.69. The highest BCUT2D eigenvalue weighted by Gasteiger charge is 1.73. The van der Waals surface area contributed by atoms with Crippen LogP contribution in [0.25, 0.3) is 0 Å². The molecule has 0 unspecified atom stereocenters. The molecule has 0 aromatic rings. The van der Waals surface area contributed by atoms with Gasteiger partial charge in [0.25, 0.3) is 0 Å². The summed E-state index contributed by atoms with van der Waals surface area (Å²) in [5.41, 5.74) is 0. The second-order valence-corrected chi connectivity index (χ2v) is 0.836. The number of ether oxygens (including phenoxy) is 1. The van der Waals surface area contributed by atoms with Gasteiger partial charge in [-0.05, 0) is 6.90 Å². The lowest BCUT2D eigenvalue weighted by Crippen LogP contribution is -1.96. The molecule has 0 rings (SSSR count). The SMILES string of the molecule is [2H]CCOCCO. The summed E-state index contributed by atoms with van der Waals surface area (Å²) < 4.78 is 11.3. The van der Waals surface area contributed by atoms with Gasteiger partial charge in [0.15, 0.2) is 0 Å². The van der Waals surface area contributed by atoms with Gasteiger partial charge in [0, 0.05) is 7.98 Å². The summed E-state index contributed by atoms with van der Waals surface area (Å²) in [6, 6.07) is 0. The largest absolute Gasteiger partial charge is 0.394 e. The summed E-state index contributed by atoms with van der Waals surface area (Å²) in [6.07, 6.45) is 0. The van der Waals surface area contributed by atoms with Gasteiger partial charge in [0.2, 0.25) is 0 Å². The van der Waals surface area contributed by atoms with Gasteiger partial charge in [-0.3, -0.25) is 0 Å². The standard InChI is InChI=1S/C4H10O2/c1-2-6-4-3-5/h5H,2-4H2,1H3/i1D. The van der Waals surface area contributed by atoms with Crippen LogP contribution in [0.15, 0.2) is 0 Å². The molecule has 0 saturated carbocycles. The molecular weight excluding hydrogens is 80.0 g/mol. The summed E-state index contributed by atoms with van der Waals surface area (Å²) in [4.78, 5) is 0. The zero-order valence-electron chi connectivity index (χ0n) is 4.68. The molecule has 0 bridgehead atoms. The average molecular weight is 91.1 g/mol. The van der Waals surface area contributed by atoms with E-state index < -0.39 is 0 Å².